The summed E-state index contributed by atoms with van der Waals surface area (Å²) in [6.07, 6.45) is -2.04. The van der Waals surface area contributed by atoms with Gasteiger partial charge in [0.15, 0.2) is 0 Å². The Labute approximate surface area is 107 Å². The second-order valence-electron chi connectivity index (χ2n) is 3.98. The lowest BCUT2D eigenvalue weighted by Gasteiger charge is -2.18. The summed E-state index contributed by atoms with van der Waals surface area (Å²) in [5.41, 5.74) is 5.35. The van der Waals surface area contributed by atoms with E-state index >= 15 is 0 Å². The first-order valence-corrected chi connectivity index (χ1v) is 6.27. The first-order chi connectivity index (χ1) is 7.86. The summed E-state index contributed by atoms with van der Waals surface area (Å²) in [6.45, 7) is 1.99. The second kappa shape index (κ2) is 5.87. The number of rotatable bonds is 4. The lowest BCUT2D eigenvalue weighted by molar-refractivity contribution is -0.138. The van der Waals surface area contributed by atoms with Crippen LogP contribution in [0.1, 0.15) is 43.4 Å². The van der Waals surface area contributed by atoms with Gasteiger partial charge in [-0.15, -0.1) is 0 Å². The third-order valence-corrected chi connectivity index (χ3v) is 3.08. The summed E-state index contributed by atoms with van der Waals surface area (Å²) in [5, 5.41) is 0. The molecule has 1 aromatic carbocycles. The summed E-state index contributed by atoms with van der Waals surface area (Å²) in [5.74, 6) is 0. The molecule has 1 aromatic rings. The fourth-order valence-electron chi connectivity index (χ4n) is 1.68. The molecule has 0 aromatic heterocycles. The third-order valence-electron chi connectivity index (χ3n) is 2.59. The number of alkyl halides is 3. The number of hydrogen-bond acceptors (Lipinski definition) is 1. The van der Waals surface area contributed by atoms with Gasteiger partial charge in [-0.25, -0.2) is 0 Å². The van der Waals surface area contributed by atoms with Gasteiger partial charge in [0.05, 0.1) is 5.56 Å². The molecular formula is C12H15BrF3N. The maximum absolute atomic E-state index is 12.8. The molecule has 2 N–H and O–H groups in total. The Morgan fingerprint density at radius 3 is 2.53 bits per heavy atom. The zero-order valence-corrected chi connectivity index (χ0v) is 11.1. The second-order valence-corrected chi connectivity index (χ2v) is 4.89. The number of halogens is 4. The van der Waals surface area contributed by atoms with E-state index in [9.17, 15) is 13.2 Å². The van der Waals surface area contributed by atoms with Crippen molar-refractivity contribution in [2.75, 3.05) is 0 Å². The monoisotopic (exact) mass is 309 g/mol. The van der Waals surface area contributed by atoms with Gasteiger partial charge in [-0.05, 0) is 24.1 Å². The van der Waals surface area contributed by atoms with Crippen LogP contribution in [0.15, 0.2) is 22.7 Å². The molecule has 1 atom stereocenters. The minimum Gasteiger partial charge on any atom is -0.324 e. The number of benzene rings is 1. The molecule has 0 aliphatic heterocycles. The van der Waals surface area contributed by atoms with E-state index in [1.54, 1.807) is 6.07 Å². The van der Waals surface area contributed by atoms with E-state index in [1.165, 1.54) is 6.07 Å². The third kappa shape index (κ3) is 4.00. The van der Waals surface area contributed by atoms with Crippen LogP contribution in [-0.2, 0) is 6.18 Å². The van der Waals surface area contributed by atoms with Gasteiger partial charge in [-0.3, -0.25) is 0 Å². The van der Waals surface area contributed by atoms with Crippen LogP contribution >= 0.6 is 15.9 Å². The van der Waals surface area contributed by atoms with Crippen LogP contribution in [0.4, 0.5) is 13.2 Å². The summed E-state index contributed by atoms with van der Waals surface area (Å²) in [4.78, 5) is 0. The van der Waals surface area contributed by atoms with Crippen molar-refractivity contribution in [1.82, 2.24) is 0 Å². The lowest BCUT2D eigenvalue weighted by atomic mass is 9.97. The lowest BCUT2D eigenvalue weighted by Crippen LogP contribution is -2.17. The van der Waals surface area contributed by atoms with Crippen LogP contribution in [0.25, 0.3) is 0 Å². The van der Waals surface area contributed by atoms with Crippen LogP contribution < -0.4 is 5.73 Å². The molecule has 0 fully saturated rings. The SMILES string of the molecule is CCCCC(N)c1ccc(Br)cc1C(F)(F)F. The normalized spacial score (nSPS) is 13.8. The first-order valence-electron chi connectivity index (χ1n) is 5.48. The van der Waals surface area contributed by atoms with Gasteiger partial charge in [0.2, 0.25) is 0 Å². The van der Waals surface area contributed by atoms with Crippen LogP contribution in [0.5, 0.6) is 0 Å². The van der Waals surface area contributed by atoms with E-state index in [1.807, 2.05) is 6.92 Å². The molecule has 0 bridgehead atoms. The Morgan fingerprint density at radius 2 is 2.00 bits per heavy atom. The predicted molar refractivity (Wildman–Crippen MR) is 65.6 cm³/mol. The smallest absolute Gasteiger partial charge is 0.324 e. The topological polar surface area (TPSA) is 26.0 Å². The highest BCUT2D eigenvalue weighted by molar-refractivity contribution is 9.10. The van der Waals surface area contributed by atoms with E-state index in [-0.39, 0.29) is 5.56 Å². The van der Waals surface area contributed by atoms with Gasteiger partial charge in [-0.1, -0.05) is 41.8 Å². The minimum absolute atomic E-state index is 0.175. The Bertz CT molecular complexity index is 377. The fraction of sp³-hybridized carbons (Fsp3) is 0.500. The number of nitrogens with two attached hydrogens (primary N) is 1. The van der Waals surface area contributed by atoms with Gasteiger partial charge in [0, 0.05) is 10.5 Å². The highest BCUT2D eigenvalue weighted by Crippen LogP contribution is 2.36. The van der Waals surface area contributed by atoms with Gasteiger partial charge >= 0.3 is 6.18 Å². The number of hydrogen-bond donors (Lipinski definition) is 1. The van der Waals surface area contributed by atoms with Crippen LogP contribution in [0.2, 0.25) is 0 Å². The Hall–Kier alpha value is -0.550. The van der Waals surface area contributed by atoms with Crippen molar-refractivity contribution in [3.05, 3.63) is 33.8 Å². The van der Waals surface area contributed by atoms with Crippen molar-refractivity contribution < 1.29 is 13.2 Å². The first kappa shape index (κ1) is 14.5. The fourth-order valence-corrected chi connectivity index (χ4v) is 2.04. The maximum Gasteiger partial charge on any atom is 0.416 e. The minimum atomic E-state index is -4.36. The molecule has 0 heterocycles. The predicted octanol–water partition coefficient (Wildman–Crippen LogP) is 4.66. The zero-order valence-electron chi connectivity index (χ0n) is 9.52. The van der Waals surface area contributed by atoms with E-state index in [0.717, 1.165) is 18.9 Å². The molecule has 96 valence electrons. The Kier molecular flexibility index (Phi) is 5.01. The van der Waals surface area contributed by atoms with Gasteiger partial charge in [0.25, 0.3) is 0 Å². The molecule has 0 saturated carbocycles. The molecule has 5 heteroatoms. The van der Waals surface area contributed by atoms with Crippen LogP contribution in [-0.4, -0.2) is 0 Å². The van der Waals surface area contributed by atoms with Crippen molar-refractivity contribution in [3.8, 4) is 0 Å². The van der Waals surface area contributed by atoms with Crippen LogP contribution in [0.3, 0.4) is 0 Å². The summed E-state index contributed by atoms with van der Waals surface area (Å²) in [6, 6.07) is 3.57. The average molecular weight is 310 g/mol. The molecule has 0 aliphatic rings. The summed E-state index contributed by atoms with van der Waals surface area (Å²) in [7, 11) is 0. The quantitative estimate of drug-likeness (QED) is 0.860. The highest BCUT2D eigenvalue weighted by atomic mass is 79.9. The molecule has 0 saturated heterocycles. The summed E-state index contributed by atoms with van der Waals surface area (Å²) < 4.78 is 38.9. The zero-order chi connectivity index (χ0) is 13.1. The van der Waals surface area contributed by atoms with Crippen molar-refractivity contribution >= 4 is 15.9 Å². The van der Waals surface area contributed by atoms with Crippen molar-refractivity contribution in [3.63, 3.8) is 0 Å². The number of unbranched alkanes of at least 4 members (excludes halogenated alkanes) is 1. The van der Waals surface area contributed by atoms with Crippen molar-refractivity contribution in [2.45, 2.75) is 38.4 Å². The van der Waals surface area contributed by atoms with Crippen LogP contribution in [0, 0.1) is 0 Å². The molecule has 0 aliphatic carbocycles. The van der Waals surface area contributed by atoms with Crippen molar-refractivity contribution in [1.29, 1.82) is 0 Å². The van der Waals surface area contributed by atoms with Gasteiger partial charge in [-0.2, -0.15) is 13.2 Å². The molecule has 0 radical (unpaired) electrons. The Morgan fingerprint density at radius 1 is 1.35 bits per heavy atom. The largest absolute Gasteiger partial charge is 0.416 e. The van der Waals surface area contributed by atoms with E-state index in [0.29, 0.717) is 10.9 Å². The maximum atomic E-state index is 12.8. The summed E-state index contributed by atoms with van der Waals surface area (Å²) >= 11 is 3.05. The molecule has 1 unspecified atom stereocenters. The molecule has 17 heavy (non-hydrogen) atoms. The van der Waals surface area contributed by atoms with Gasteiger partial charge in [0.1, 0.15) is 0 Å². The van der Waals surface area contributed by atoms with E-state index in [4.69, 9.17) is 5.73 Å². The van der Waals surface area contributed by atoms with E-state index < -0.39 is 17.8 Å². The van der Waals surface area contributed by atoms with Crippen molar-refractivity contribution in [2.24, 2.45) is 5.73 Å². The molecule has 1 nitrogen and oxygen atoms in total. The van der Waals surface area contributed by atoms with E-state index in [2.05, 4.69) is 15.9 Å². The highest BCUT2D eigenvalue weighted by Gasteiger charge is 2.34. The molecule has 0 spiro atoms. The van der Waals surface area contributed by atoms with Gasteiger partial charge < -0.3 is 5.73 Å². The average Bonchev–Trinajstić information content (AvgIpc) is 2.24. The standard InChI is InChI=1S/C12H15BrF3N/c1-2-3-4-11(17)9-6-5-8(13)7-10(9)12(14,15)16/h5-7,11H,2-4,17H2,1H3. The molecule has 0 amide bonds. The molecule has 1 rings (SSSR count). The molecular weight excluding hydrogens is 295 g/mol. The Balaban J connectivity index is 3.06.